The zero-order chi connectivity index (χ0) is 33.0. The van der Waals surface area contributed by atoms with Gasteiger partial charge in [-0.15, -0.1) is 0 Å². The van der Waals surface area contributed by atoms with E-state index in [-0.39, 0.29) is 0 Å². The molecule has 2 aromatic heterocycles. The van der Waals surface area contributed by atoms with Crippen LogP contribution in [0, 0.1) is 90.6 Å². The molecular formula is C28H4F6N10. The molecule has 3 aromatic rings. The van der Waals surface area contributed by atoms with Gasteiger partial charge in [-0.1, -0.05) is 0 Å². The van der Waals surface area contributed by atoms with E-state index in [0.29, 0.717) is 12.4 Å². The maximum atomic E-state index is 13.6. The molecule has 0 bridgehead atoms. The van der Waals surface area contributed by atoms with Crippen molar-refractivity contribution in [1.82, 2.24) is 9.97 Å². The minimum absolute atomic E-state index is 0.429. The molecular weight excluding hydrogens is 590 g/mol. The van der Waals surface area contributed by atoms with E-state index in [2.05, 4.69) is 9.97 Å². The molecule has 208 valence electrons. The molecule has 0 atom stereocenters. The fourth-order valence-electron chi connectivity index (χ4n) is 4.09. The predicted molar refractivity (Wildman–Crippen MR) is 129 cm³/mol. The van der Waals surface area contributed by atoms with Gasteiger partial charge in [-0.3, -0.25) is 0 Å². The number of hydrogen-bond donors (Lipinski definition) is 0. The van der Waals surface area contributed by atoms with Crippen molar-refractivity contribution in [3.05, 3.63) is 90.9 Å². The molecule has 1 aromatic carbocycles. The Labute approximate surface area is 241 Å². The van der Waals surface area contributed by atoms with Crippen LogP contribution in [0.2, 0.25) is 0 Å². The van der Waals surface area contributed by atoms with Crippen molar-refractivity contribution in [3.63, 3.8) is 0 Å². The van der Waals surface area contributed by atoms with Gasteiger partial charge in [0.2, 0.25) is 0 Å². The predicted octanol–water partition coefficient (Wildman–Crippen LogP) is 3.19. The second-order valence-corrected chi connectivity index (χ2v) is 8.13. The highest BCUT2D eigenvalue weighted by Crippen LogP contribution is 2.35. The van der Waals surface area contributed by atoms with Crippen molar-refractivity contribution in [1.29, 1.82) is 42.1 Å². The number of nitriles is 8. The SMILES string of the molecule is N#CC(c1c(C#N)cnc(C(F)(F)F)c1C#N)=c1cc(C#N)c(=C(C#N)c2c(C#N)cnc(C(F)(F)F)c2C#N)c(C#N)c1. The zero-order valence-electron chi connectivity index (χ0n) is 21.0. The number of halogens is 6. The molecule has 44 heavy (non-hydrogen) atoms. The highest BCUT2D eigenvalue weighted by Gasteiger charge is 2.39. The van der Waals surface area contributed by atoms with Crippen LogP contribution in [0.25, 0.3) is 11.1 Å². The fourth-order valence-corrected chi connectivity index (χ4v) is 4.09. The Bertz CT molecular complexity index is 2200. The largest absolute Gasteiger partial charge is 0.434 e. The summed E-state index contributed by atoms with van der Waals surface area (Å²) in [6.07, 6.45) is -9.56. The third-order valence-corrected chi connectivity index (χ3v) is 5.80. The molecule has 0 fully saturated rings. The normalized spacial score (nSPS) is 10.3. The Kier molecular flexibility index (Phi) is 8.32. The second-order valence-electron chi connectivity index (χ2n) is 8.13. The molecule has 2 heterocycles. The quantitative estimate of drug-likeness (QED) is 0.395. The topological polar surface area (TPSA) is 216 Å². The van der Waals surface area contributed by atoms with E-state index in [1.807, 2.05) is 0 Å². The van der Waals surface area contributed by atoms with E-state index in [9.17, 15) is 68.4 Å². The van der Waals surface area contributed by atoms with Gasteiger partial charge in [0.25, 0.3) is 0 Å². The first kappa shape index (κ1) is 31.3. The highest BCUT2D eigenvalue weighted by molar-refractivity contribution is 5.87. The van der Waals surface area contributed by atoms with Crippen LogP contribution < -0.4 is 10.4 Å². The molecule has 0 saturated heterocycles. The van der Waals surface area contributed by atoms with E-state index in [1.54, 1.807) is 12.1 Å². The zero-order valence-corrected chi connectivity index (χ0v) is 21.0. The van der Waals surface area contributed by atoms with Crippen LogP contribution in [-0.4, -0.2) is 9.97 Å². The molecule has 0 unspecified atom stereocenters. The smallest absolute Gasteiger partial charge is 0.249 e. The summed E-state index contributed by atoms with van der Waals surface area (Å²) in [6, 6.07) is 13.2. The first-order valence-electron chi connectivity index (χ1n) is 11.1. The average Bonchev–Trinajstić information content (AvgIpc) is 3.00. The molecule has 0 spiro atoms. The molecule has 0 aliphatic heterocycles. The van der Waals surface area contributed by atoms with E-state index in [1.165, 1.54) is 36.4 Å². The Hall–Kier alpha value is -7.24. The molecule has 0 radical (unpaired) electrons. The van der Waals surface area contributed by atoms with Crippen molar-refractivity contribution >= 4 is 11.1 Å². The fraction of sp³-hybridized carbons (Fsp3) is 0.0714. The monoisotopic (exact) mass is 594 g/mol. The third-order valence-electron chi connectivity index (χ3n) is 5.80. The van der Waals surface area contributed by atoms with Crippen molar-refractivity contribution in [2.75, 3.05) is 0 Å². The summed E-state index contributed by atoms with van der Waals surface area (Å²) < 4.78 is 81.7. The lowest BCUT2D eigenvalue weighted by atomic mass is 9.89. The number of aromatic nitrogens is 2. The number of rotatable bonds is 2. The lowest BCUT2D eigenvalue weighted by Gasteiger charge is -2.13. The minimum Gasteiger partial charge on any atom is -0.249 e. The van der Waals surface area contributed by atoms with Crippen LogP contribution in [0.3, 0.4) is 0 Å². The Morgan fingerprint density at radius 3 is 1.18 bits per heavy atom. The Morgan fingerprint density at radius 1 is 0.523 bits per heavy atom. The summed E-state index contributed by atoms with van der Waals surface area (Å²) in [6.45, 7) is 0. The first-order chi connectivity index (χ1) is 20.8. The van der Waals surface area contributed by atoms with Crippen LogP contribution in [0.1, 0.15) is 55.9 Å². The Morgan fingerprint density at radius 2 is 0.886 bits per heavy atom. The molecule has 0 aliphatic rings. The van der Waals surface area contributed by atoms with Crippen LogP contribution in [0.4, 0.5) is 26.3 Å². The maximum Gasteiger partial charge on any atom is 0.434 e. The highest BCUT2D eigenvalue weighted by atomic mass is 19.4. The lowest BCUT2D eigenvalue weighted by molar-refractivity contribution is -0.142. The summed E-state index contributed by atoms with van der Waals surface area (Å²) in [7, 11) is 0. The molecule has 0 N–H and O–H groups in total. The van der Waals surface area contributed by atoms with Gasteiger partial charge in [-0.05, 0) is 17.4 Å². The van der Waals surface area contributed by atoms with Crippen molar-refractivity contribution in [2.24, 2.45) is 0 Å². The average molecular weight is 594 g/mol. The standard InChI is InChI=1S/C28H4F6N10/c29-27(30,31)25-20(9-41)23(16(5-37)11-43-25)18(7-39)13-1-14(3-35)22(15(2-13)4-36)19(8-40)24-17(6-38)12-44-26(21(24)10-42)28(32,33)34/h1-2,11-12H. The van der Waals surface area contributed by atoms with Crippen LogP contribution in [0.15, 0.2) is 24.5 Å². The van der Waals surface area contributed by atoms with Crippen molar-refractivity contribution < 1.29 is 26.3 Å². The minimum atomic E-state index is -5.23. The summed E-state index contributed by atoms with van der Waals surface area (Å²) >= 11 is 0. The molecule has 0 aliphatic carbocycles. The summed E-state index contributed by atoms with van der Waals surface area (Å²) in [4.78, 5) is 6.18. The van der Waals surface area contributed by atoms with Gasteiger partial charge in [-0.25, -0.2) is 9.97 Å². The molecule has 0 saturated carbocycles. The Balaban J connectivity index is 2.73. The summed E-state index contributed by atoms with van der Waals surface area (Å²) in [5.74, 6) is 0. The van der Waals surface area contributed by atoms with E-state index in [0.717, 1.165) is 12.1 Å². The van der Waals surface area contributed by atoms with E-state index in [4.69, 9.17) is 0 Å². The summed E-state index contributed by atoms with van der Waals surface area (Å²) in [5.41, 5.74) is -12.3. The number of alkyl halides is 6. The number of pyridine rings is 2. The van der Waals surface area contributed by atoms with E-state index < -0.39 is 89.8 Å². The first-order valence-corrected chi connectivity index (χ1v) is 11.1. The second kappa shape index (κ2) is 11.7. The van der Waals surface area contributed by atoms with Crippen LogP contribution in [-0.2, 0) is 12.4 Å². The van der Waals surface area contributed by atoms with Gasteiger partial charge in [0, 0.05) is 28.7 Å². The molecule has 16 heteroatoms. The van der Waals surface area contributed by atoms with Gasteiger partial charge in [-0.2, -0.15) is 68.4 Å². The van der Waals surface area contributed by atoms with Gasteiger partial charge in [0.05, 0.1) is 56.7 Å². The van der Waals surface area contributed by atoms with Crippen LogP contribution >= 0.6 is 0 Å². The van der Waals surface area contributed by atoms with Gasteiger partial charge >= 0.3 is 12.4 Å². The number of hydrogen-bond acceptors (Lipinski definition) is 10. The maximum absolute atomic E-state index is 13.6. The lowest BCUT2D eigenvalue weighted by Crippen LogP contribution is -2.24. The number of nitrogens with zero attached hydrogens (tertiary/aromatic N) is 10. The molecule has 10 nitrogen and oxygen atoms in total. The van der Waals surface area contributed by atoms with Crippen molar-refractivity contribution in [3.8, 4) is 48.6 Å². The third kappa shape index (κ3) is 5.26. The summed E-state index contributed by atoms with van der Waals surface area (Å²) in [5, 5.41) is 76.6. The number of benzene rings is 1. The van der Waals surface area contributed by atoms with Gasteiger partial charge in [0.1, 0.15) is 36.4 Å². The molecule has 0 amide bonds. The molecule has 3 rings (SSSR count). The van der Waals surface area contributed by atoms with Crippen molar-refractivity contribution in [2.45, 2.75) is 12.4 Å². The van der Waals surface area contributed by atoms with Gasteiger partial charge in [0.15, 0.2) is 11.4 Å². The van der Waals surface area contributed by atoms with Crippen LogP contribution in [0.5, 0.6) is 0 Å². The van der Waals surface area contributed by atoms with Gasteiger partial charge < -0.3 is 0 Å². The van der Waals surface area contributed by atoms with E-state index >= 15 is 0 Å².